The number of hydroxylamine groups is 1. The van der Waals surface area contributed by atoms with Gasteiger partial charge in [0.2, 0.25) is 0 Å². The van der Waals surface area contributed by atoms with Crippen LogP contribution in [0.4, 0.5) is 0 Å². The molecule has 0 radical (unpaired) electrons. The lowest BCUT2D eigenvalue weighted by Gasteiger charge is -2.12. The van der Waals surface area contributed by atoms with Crippen LogP contribution in [-0.4, -0.2) is 31.2 Å². The van der Waals surface area contributed by atoms with E-state index >= 15 is 0 Å². The number of rotatable bonds is 9. The fraction of sp³-hybridized carbons (Fsp3) is 0.111. The van der Waals surface area contributed by atoms with Gasteiger partial charge in [0.1, 0.15) is 0 Å². The van der Waals surface area contributed by atoms with Crippen LogP contribution in [0.3, 0.4) is 0 Å². The summed E-state index contributed by atoms with van der Waals surface area (Å²) in [6.45, 7) is 0.329. The second kappa shape index (κ2) is 12.0. The van der Waals surface area contributed by atoms with E-state index in [1.807, 2.05) is 72.8 Å². The average Bonchev–Trinajstić information content (AvgIpc) is 2.89. The van der Waals surface area contributed by atoms with Crippen molar-refractivity contribution in [3.8, 4) is 11.5 Å². The molecule has 2 amide bonds. The number of ether oxygens (including phenoxy) is 2. The molecule has 0 saturated carbocycles. The van der Waals surface area contributed by atoms with E-state index < -0.39 is 5.91 Å². The molecule has 0 saturated heterocycles. The van der Waals surface area contributed by atoms with Gasteiger partial charge in [0.25, 0.3) is 11.8 Å². The van der Waals surface area contributed by atoms with Crippen LogP contribution in [0.1, 0.15) is 22.3 Å². The zero-order valence-corrected chi connectivity index (χ0v) is 18.9. The smallest absolute Gasteiger partial charge is 0.267 e. The molecule has 7 heteroatoms. The summed E-state index contributed by atoms with van der Waals surface area (Å²) in [5.74, 6) is 0.367. The topological polar surface area (TPSA) is 96.9 Å². The van der Waals surface area contributed by atoms with Gasteiger partial charge in [0.15, 0.2) is 11.5 Å². The van der Waals surface area contributed by atoms with Crippen LogP contribution in [0.15, 0.2) is 78.9 Å². The van der Waals surface area contributed by atoms with Gasteiger partial charge in [-0.05, 0) is 46.5 Å². The summed E-state index contributed by atoms with van der Waals surface area (Å²) in [5, 5.41) is 11.5. The number of nitrogens with one attached hydrogen (secondary N) is 2. The molecule has 3 N–H and O–H groups in total. The van der Waals surface area contributed by atoms with Gasteiger partial charge in [0.05, 0.1) is 14.2 Å². The Morgan fingerprint density at radius 2 is 1.56 bits per heavy atom. The monoisotopic (exact) mass is 458 g/mol. The first-order valence-corrected chi connectivity index (χ1v) is 10.5. The third-order valence-corrected chi connectivity index (χ3v) is 5.02. The van der Waals surface area contributed by atoms with E-state index in [2.05, 4.69) is 5.32 Å². The Kier molecular flexibility index (Phi) is 8.60. The molecular formula is C27H26N2O5. The van der Waals surface area contributed by atoms with Gasteiger partial charge in [-0.2, -0.15) is 0 Å². The van der Waals surface area contributed by atoms with E-state index in [1.165, 1.54) is 6.08 Å². The quantitative estimate of drug-likeness (QED) is 0.194. The molecule has 0 aliphatic heterocycles. The Bertz CT molecular complexity index is 1190. The first-order chi connectivity index (χ1) is 16.5. The highest BCUT2D eigenvalue weighted by atomic mass is 16.5. The van der Waals surface area contributed by atoms with Crippen molar-refractivity contribution in [2.24, 2.45) is 0 Å². The van der Waals surface area contributed by atoms with Crippen molar-refractivity contribution in [3.63, 3.8) is 0 Å². The molecule has 0 spiro atoms. The first-order valence-electron chi connectivity index (χ1n) is 10.5. The highest BCUT2D eigenvalue weighted by molar-refractivity contribution is 6.24. The molecule has 0 bridgehead atoms. The average molecular weight is 459 g/mol. The SMILES string of the molecule is COc1ccc(/C=C(/C(=O)NCc2ccc(/C=C/C(=O)NO)cc2)c2ccccc2)cc1OC. The maximum Gasteiger partial charge on any atom is 0.267 e. The van der Waals surface area contributed by atoms with E-state index in [4.69, 9.17) is 14.7 Å². The summed E-state index contributed by atoms with van der Waals surface area (Å²) in [4.78, 5) is 24.3. The van der Waals surface area contributed by atoms with Gasteiger partial charge in [-0.25, -0.2) is 5.48 Å². The molecule has 0 aromatic heterocycles. The maximum atomic E-state index is 13.2. The van der Waals surface area contributed by atoms with Gasteiger partial charge in [-0.15, -0.1) is 0 Å². The van der Waals surface area contributed by atoms with E-state index in [9.17, 15) is 9.59 Å². The molecule has 0 aliphatic carbocycles. The zero-order valence-electron chi connectivity index (χ0n) is 18.9. The molecule has 0 fully saturated rings. The number of methoxy groups -OCH3 is 2. The molecule has 0 aliphatic rings. The predicted octanol–water partition coefficient (Wildman–Crippen LogP) is 4.08. The third-order valence-electron chi connectivity index (χ3n) is 5.02. The number of hydrogen-bond donors (Lipinski definition) is 3. The predicted molar refractivity (Wildman–Crippen MR) is 131 cm³/mol. The summed E-state index contributed by atoms with van der Waals surface area (Å²) in [6.07, 6.45) is 4.61. The van der Waals surface area contributed by atoms with Crippen molar-refractivity contribution >= 4 is 29.5 Å². The lowest BCUT2D eigenvalue weighted by Crippen LogP contribution is -2.23. The minimum Gasteiger partial charge on any atom is -0.493 e. The van der Waals surface area contributed by atoms with E-state index in [0.29, 0.717) is 23.6 Å². The van der Waals surface area contributed by atoms with Crippen LogP contribution in [0.25, 0.3) is 17.7 Å². The highest BCUT2D eigenvalue weighted by Gasteiger charge is 2.13. The second-order valence-electron chi connectivity index (χ2n) is 7.27. The van der Waals surface area contributed by atoms with Crippen LogP contribution >= 0.6 is 0 Å². The van der Waals surface area contributed by atoms with Crippen LogP contribution in [-0.2, 0) is 16.1 Å². The second-order valence-corrected chi connectivity index (χ2v) is 7.27. The molecule has 7 nitrogen and oxygen atoms in total. The molecular weight excluding hydrogens is 432 g/mol. The summed E-state index contributed by atoms with van der Waals surface area (Å²) in [7, 11) is 3.14. The summed E-state index contributed by atoms with van der Waals surface area (Å²) >= 11 is 0. The standard InChI is InChI=1S/C27H26N2O5/c1-33-24-14-12-21(17-25(24)34-2)16-23(22-6-4-3-5-7-22)27(31)28-18-20-10-8-19(9-11-20)13-15-26(30)29-32/h3-17,32H,18H2,1-2H3,(H,28,31)(H,29,30)/b15-13+,23-16+. The van der Waals surface area contributed by atoms with Crippen LogP contribution in [0, 0.1) is 0 Å². The van der Waals surface area contributed by atoms with Crippen molar-refractivity contribution in [3.05, 3.63) is 101 Å². The van der Waals surface area contributed by atoms with Crippen molar-refractivity contribution in [1.82, 2.24) is 10.8 Å². The number of benzene rings is 3. The molecule has 0 atom stereocenters. The number of carbonyl (C=O) groups excluding carboxylic acids is 2. The van der Waals surface area contributed by atoms with Gasteiger partial charge in [-0.1, -0.05) is 60.7 Å². The molecule has 3 aromatic carbocycles. The Morgan fingerprint density at radius 1 is 0.882 bits per heavy atom. The van der Waals surface area contributed by atoms with Gasteiger partial charge in [0, 0.05) is 18.2 Å². The highest BCUT2D eigenvalue weighted by Crippen LogP contribution is 2.29. The lowest BCUT2D eigenvalue weighted by atomic mass is 10.0. The van der Waals surface area contributed by atoms with Crippen molar-refractivity contribution in [1.29, 1.82) is 0 Å². The van der Waals surface area contributed by atoms with Crippen LogP contribution in [0.5, 0.6) is 11.5 Å². The fourth-order valence-electron chi connectivity index (χ4n) is 3.24. The summed E-state index contributed by atoms with van der Waals surface area (Å²) < 4.78 is 10.7. The minimum atomic E-state index is -0.606. The minimum absolute atomic E-state index is 0.218. The molecule has 0 unspecified atom stereocenters. The summed E-state index contributed by atoms with van der Waals surface area (Å²) in [5.41, 5.74) is 5.33. The van der Waals surface area contributed by atoms with Gasteiger partial charge in [-0.3, -0.25) is 14.8 Å². The third kappa shape index (κ3) is 6.57. The van der Waals surface area contributed by atoms with E-state index in [-0.39, 0.29) is 5.91 Å². The molecule has 34 heavy (non-hydrogen) atoms. The van der Waals surface area contributed by atoms with Crippen molar-refractivity contribution in [2.75, 3.05) is 14.2 Å². The largest absolute Gasteiger partial charge is 0.493 e. The Labute approximate surface area is 198 Å². The Morgan fingerprint density at radius 3 is 2.21 bits per heavy atom. The first kappa shape index (κ1) is 24.3. The van der Waals surface area contributed by atoms with Crippen molar-refractivity contribution < 1.29 is 24.3 Å². The zero-order chi connectivity index (χ0) is 24.3. The van der Waals surface area contributed by atoms with Crippen molar-refractivity contribution in [2.45, 2.75) is 6.54 Å². The molecule has 0 heterocycles. The Balaban J connectivity index is 1.79. The van der Waals surface area contributed by atoms with Gasteiger partial charge < -0.3 is 14.8 Å². The van der Waals surface area contributed by atoms with E-state index in [0.717, 1.165) is 22.3 Å². The summed E-state index contributed by atoms with van der Waals surface area (Å²) in [6, 6.07) is 22.3. The van der Waals surface area contributed by atoms with E-state index in [1.54, 1.807) is 31.8 Å². The number of carbonyl (C=O) groups is 2. The normalized spacial score (nSPS) is 11.2. The van der Waals surface area contributed by atoms with Gasteiger partial charge >= 0.3 is 0 Å². The van der Waals surface area contributed by atoms with Crippen LogP contribution in [0.2, 0.25) is 0 Å². The Hall–Kier alpha value is -4.36. The molecule has 3 aromatic rings. The van der Waals surface area contributed by atoms with Crippen LogP contribution < -0.4 is 20.3 Å². The molecule has 174 valence electrons. The number of amides is 2. The lowest BCUT2D eigenvalue weighted by molar-refractivity contribution is -0.124. The number of hydrogen-bond acceptors (Lipinski definition) is 5. The fourth-order valence-corrected chi connectivity index (χ4v) is 3.24. The molecule has 3 rings (SSSR count). The maximum absolute atomic E-state index is 13.2.